The number of carbonyl (C=O) groups is 1. The number of nitrogens with one attached hydrogen (secondary N) is 1. The number of aryl methyl sites for hydroxylation is 1. The number of allylic oxidation sites excluding steroid dienone is 1. The Morgan fingerprint density at radius 1 is 1.23 bits per heavy atom. The van der Waals surface area contributed by atoms with Crippen LogP contribution in [0.2, 0.25) is 0 Å². The van der Waals surface area contributed by atoms with E-state index in [-0.39, 0.29) is 34.3 Å². The summed E-state index contributed by atoms with van der Waals surface area (Å²) in [7, 11) is 0. The first-order valence-corrected chi connectivity index (χ1v) is 7.62. The molecule has 0 radical (unpaired) electrons. The number of nitro groups is 1. The smallest absolute Gasteiger partial charge is 0.270 e. The van der Waals surface area contributed by atoms with Crippen LogP contribution in [0.5, 0.6) is 17.2 Å². The van der Waals surface area contributed by atoms with Gasteiger partial charge in [-0.15, -0.1) is 0 Å². The molecule has 0 unspecified atom stereocenters. The second kappa shape index (κ2) is 5.35. The highest BCUT2D eigenvalue weighted by atomic mass is 16.6. The van der Waals surface area contributed by atoms with E-state index < -0.39 is 10.7 Å². The number of phenols is 2. The van der Waals surface area contributed by atoms with Crippen molar-refractivity contribution in [1.82, 2.24) is 4.98 Å². The molecule has 3 N–H and O–H groups in total. The predicted molar refractivity (Wildman–Crippen MR) is 92.4 cm³/mol. The van der Waals surface area contributed by atoms with E-state index >= 15 is 0 Å². The molecule has 2 heterocycles. The Labute approximate surface area is 146 Å². The molecule has 0 fully saturated rings. The van der Waals surface area contributed by atoms with Crippen LogP contribution in [0.4, 0.5) is 5.69 Å². The number of aromatic amines is 1. The number of nitro benzene ring substituents is 1. The number of fused-ring (bicyclic) bond motifs is 2. The van der Waals surface area contributed by atoms with Gasteiger partial charge in [-0.2, -0.15) is 0 Å². The van der Waals surface area contributed by atoms with Crippen molar-refractivity contribution in [2.75, 3.05) is 0 Å². The van der Waals surface area contributed by atoms with Gasteiger partial charge in [0.25, 0.3) is 5.69 Å². The molecule has 0 atom stereocenters. The molecule has 1 aliphatic heterocycles. The molecule has 0 amide bonds. The highest BCUT2D eigenvalue weighted by Crippen LogP contribution is 2.41. The molecule has 0 spiro atoms. The Morgan fingerprint density at radius 3 is 2.73 bits per heavy atom. The molecule has 0 bridgehead atoms. The zero-order chi connectivity index (χ0) is 18.6. The van der Waals surface area contributed by atoms with Gasteiger partial charge in [-0.1, -0.05) is 0 Å². The van der Waals surface area contributed by atoms with Crippen molar-refractivity contribution in [1.29, 1.82) is 0 Å². The molecule has 130 valence electrons. The summed E-state index contributed by atoms with van der Waals surface area (Å²) in [4.78, 5) is 26.2. The molecule has 8 nitrogen and oxygen atoms in total. The fourth-order valence-electron chi connectivity index (χ4n) is 3.04. The normalized spacial score (nSPS) is 14.7. The van der Waals surface area contributed by atoms with Crippen molar-refractivity contribution in [2.24, 2.45) is 0 Å². The van der Waals surface area contributed by atoms with Crippen LogP contribution >= 0.6 is 0 Å². The molecule has 0 saturated heterocycles. The van der Waals surface area contributed by atoms with E-state index in [1.54, 1.807) is 13.0 Å². The molecular weight excluding hydrogens is 340 g/mol. The van der Waals surface area contributed by atoms with E-state index in [0.717, 1.165) is 6.07 Å². The number of aromatic hydroxyl groups is 2. The standard InChI is InChI=1S/C18H12N2O6/c1-8-11(12-4-9(20(24)25)2-3-13(12)19-8)7-16-18(23)17-14(22)5-10(21)6-15(17)26-16/h2-7,19,21-22H,1H3/b16-7-. The van der Waals surface area contributed by atoms with Gasteiger partial charge in [0.1, 0.15) is 22.8 Å². The highest BCUT2D eigenvalue weighted by molar-refractivity contribution is 6.17. The summed E-state index contributed by atoms with van der Waals surface area (Å²) in [6.45, 7) is 1.77. The van der Waals surface area contributed by atoms with Crippen molar-refractivity contribution in [2.45, 2.75) is 6.92 Å². The summed E-state index contributed by atoms with van der Waals surface area (Å²) in [6.07, 6.45) is 1.47. The molecule has 3 aromatic rings. The van der Waals surface area contributed by atoms with Gasteiger partial charge >= 0.3 is 0 Å². The number of H-pyrrole nitrogens is 1. The molecule has 0 aliphatic carbocycles. The lowest BCUT2D eigenvalue weighted by atomic mass is 10.1. The van der Waals surface area contributed by atoms with Gasteiger partial charge in [-0.25, -0.2) is 0 Å². The lowest BCUT2D eigenvalue weighted by Crippen LogP contribution is -1.98. The topological polar surface area (TPSA) is 126 Å². The zero-order valence-electron chi connectivity index (χ0n) is 13.4. The number of carbonyl (C=O) groups excluding carboxylic acids is 1. The van der Waals surface area contributed by atoms with Crippen LogP contribution in [0.1, 0.15) is 21.6 Å². The summed E-state index contributed by atoms with van der Waals surface area (Å²) in [5, 5.41) is 31.0. The molecule has 4 rings (SSSR count). The maximum Gasteiger partial charge on any atom is 0.270 e. The van der Waals surface area contributed by atoms with Crippen LogP contribution < -0.4 is 4.74 Å². The van der Waals surface area contributed by atoms with Crippen molar-refractivity contribution in [3.63, 3.8) is 0 Å². The quantitative estimate of drug-likeness (QED) is 0.369. The largest absolute Gasteiger partial charge is 0.508 e. The summed E-state index contributed by atoms with van der Waals surface area (Å²) in [5.41, 5.74) is 1.86. The summed E-state index contributed by atoms with van der Waals surface area (Å²) in [6, 6.07) is 6.70. The first-order valence-electron chi connectivity index (χ1n) is 7.62. The van der Waals surface area contributed by atoms with Crippen LogP contribution in [0.25, 0.3) is 17.0 Å². The number of ketones is 1. The number of benzene rings is 2. The molecule has 26 heavy (non-hydrogen) atoms. The van der Waals surface area contributed by atoms with E-state index in [1.807, 2.05) is 0 Å². The number of phenolic OH excluding ortho intramolecular Hbond substituents is 2. The Kier molecular flexibility index (Phi) is 3.23. The van der Waals surface area contributed by atoms with Crippen LogP contribution in [0, 0.1) is 17.0 Å². The Bertz CT molecular complexity index is 1140. The van der Waals surface area contributed by atoms with Gasteiger partial charge < -0.3 is 19.9 Å². The van der Waals surface area contributed by atoms with Crippen molar-refractivity contribution < 1.29 is 24.7 Å². The van der Waals surface area contributed by atoms with Crippen molar-refractivity contribution in [3.8, 4) is 17.2 Å². The van der Waals surface area contributed by atoms with Gasteiger partial charge in [-0.05, 0) is 19.1 Å². The number of nitrogens with zero attached hydrogens (tertiary/aromatic N) is 1. The van der Waals surface area contributed by atoms with Gasteiger partial charge in [0.15, 0.2) is 5.76 Å². The van der Waals surface area contributed by atoms with E-state index in [0.29, 0.717) is 22.2 Å². The van der Waals surface area contributed by atoms with Crippen LogP contribution in [-0.2, 0) is 0 Å². The first kappa shape index (κ1) is 15.7. The van der Waals surface area contributed by atoms with Gasteiger partial charge in [-0.3, -0.25) is 14.9 Å². The lowest BCUT2D eigenvalue weighted by Gasteiger charge is -2.00. The second-order valence-electron chi connectivity index (χ2n) is 5.93. The summed E-state index contributed by atoms with van der Waals surface area (Å²) in [5.74, 6) is -1.12. The number of aromatic nitrogens is 1. The molecule has 2 aromatic carbocycles. The molecule has 8 heteroatoms. The number of hydrogen-bond donors (Lipinski definition) is 3. The average Bonchev–Trinajstić information content (AvgIpc) is 3.04. The van der Waals surface area contributed by atoms with Crippen LogP contribution in [0.3, 0.4) is 0 Å². The number of Topliss-reactive ketones (excluding diaryl/α,β-unsaturated/α-hetero) is 1. The third kappa shape index (κ3) is 2.27. The summed E-state index contributed by atoms with van der Waals surface area (Å²) < 4.78 is 5.48. The summed E-state index contributed by atoms with van der Waals surface area (Å²) >= 11 is 0. The van der Waals surface area contributed by atoms with E-state index in [1.165, 1.54) is 24.3 Å². The maximum atomic E-state index is 12.5. The minimum Gasteiger partial charge on any atom is -0.508 e. The number of non-ortho nitro benzene ring substituents is 1. The monoisotopic (exact) mass is 352 g/mol. The second-order valence-corrected chi connectivity index (χ2v) is 5.93. The number of ether oxygens (including phenoxy) is 1. The van der Waals surface area contributed by atoms with Crippen molar-refractivity contribution in [3.05, 3.63) is 63.0 Å². The number of rotatable bonds is 2. The SMILES string of the molecule is Cc1[nH]c2ccc([N+](=O)[O-])cc2c1/C=C1\Oc2cc(O)cc(O)c2C1=O. The Morgan fingerprint density at radius 2 is 2.00 bits per heavy atom. The van der Waals surface area contributed by atoms with Crippen molar-refractivity contribution >= 4 is 28.4 Å². The first-order chi connectivity index (χ1) is 12.3. The van der Waals surface area contributed by atoms with E-state index in [4.69, 9.17) is 4.74 Å². The average molecular weight is 352 g/mol. The fraction of sp³-hybridized carbons (Fsp3) is 0.0556. The molecule has 1 aromatic heterocycles. The zero-order valence-corrected chi connectivity index (χ0v) is 13.4. The van der Waals surface area contributed by atoms with E-state index in [9.17, 15) is 25.1 Å². The van der Waals surface area contributed by atoms with E-state index in [2.05, 4.69) is 4.98 Å². The predicted octanol–water partition coefficient (Wildman–Crippen LogP) is 3.41. The molecule has 1 aliphatic rings. The van der Waals surface area contributed by atoms with Gasteiger partial charge in [0, 0.05) is 46.4 Å². The maximum absolute atomic E-state index is 12.5. The van der Waals surface area contributed by atoms with Crippen LogP contribution in [-0.4, -0.2) is 25.9 Å². The fourth-order valence-corrected chi connectivity index (χ4v) is 3.04. The van der Waals surface area contributed by atoms with Crippen LogP contribution in [0.15, 0.2) is 36.1 Å². The molecular formula is C18H12N2O6. The third-order valence-electron chi connectivity index (χ3n) is 4.24. The Balaban J connectivity index is 1.86. The minimum absolute atomic E-state index is 0.0301. The lowest BCUT2D eigenvalue weighted by molar-refractivity contribution is -0.384. The highest BCUT2D eigenvalue weighted by Gasteiger charge is 2.31. The molecule has 0 saturated carbocycles. The van der Waals surface area contributed by atoms with Gasteiger partial charge in [0.05, 0.1) is 4.92 Å². The minimum atomic E-state index is -0.531. The Hall–Kier alpha value is -3.81. The third-order valence-corrected chi connectivity index (χ3v) is 4.24. The van der Waals surface area contributed by atoms with Gasteiger partial charge in [0.2, 0.25) is 5.78 Å². The number of hydrogen-bond acceptors (Lipinski definition) is 6.